The minimum Gasteiger partial charge on any atom is -0.497 e. The molecule has 6 heteroatoms. The van der Waals surface area contributed by atoms with Crippen LogP contribution in [-0.2, 0) is 16.0 Å². The molecule has 1 aliphatic heterocycles. The van der Waals surface area contributed by atoms with Crippen LogP contribution in [0.4, 0.5) is 5.69 Å². The summed E-state index contributed by atoms with van der Waals surface area (Å²) >= 11 is 0. The Morgan fingerprint density at radius 1 is 1.27 bits per heavy atom. The van der Waals surface area contributed by atoms with Gasteiger partial charge < -0.3 is 14.5 Å². The third-order valence-corrected chi connectivity index (χ3v) is 4.64. The lowest BCUT2D eigenvalue weighted by molar-refractivity contribution is -0.139. The van der Waals surface area contributed by atoms with Gasteiger partial charge in [0.25, 0.3) is 0 Å². The van der Waals surface area contributed by atoms with Crippen LogP contribution in [-0.4, -0.2) is 47.9 Å². The van der Waals surface area contributed by atoms with Crippen LogP contribution in [0.3, 0.4) is 0 Å². The fourth-order valence-corrected chi connectivity index (χ4v) is 3.14. The predicted molar refractivity (Wildman–Crippen MR) is 99.1 cm³/mol. The maximum absolute atomic E-state index is 12.6. The monoisotopic (exact) mass is 353 g/mol. The van der Waals surface area contributed by atoms with E-state index in [2.05, 4.69) is 4.98 Å². The number of ether oxygens (including phenoxy) is 1. The molecule has 0 aliphatic carbocycles. The Labute approximate surface area is 153 Å². The average molecular weight is 353 g/mol. The lowest BCUT2D eigenvalue weighted by Gasteiger charge is -2.39. The minimum atomic E-state index is -0.0667. The van der Waals surface area contributed by atoms with Crippen LogP contribution < -0.4 is 9.64 Å². The Morgan fingerprint density at radius 3 is 2.69 bits per heavy atom. The Morgan fingerprint density at radius 2 is 2.04 bits per heavy atom. The van der Waals surface area contributed by atoms with E-state index in [0.717, 1.165) is 17.0 Å². The number of carbonyl (C=O) groups excluding carboxylic acids is 2. The van der Waals surface area contributed by atoms with Gasteiger partial charge in [0.2, 0.25) is 11.8 Å². The van der Waals surface area contributed by atoms with Gasteiger partial charge >= 0.3 is 0 Å². The second kappa shape index (κ2) is 7.99. The first-order valence-corrected chi connectivity index (χ1v) is 8.71. The molecule has 26 heavy (non-hydrogen) atoms. The van der Waals surface area contributed by atoms with E-state index in [1.165, 1.54) is 0 Å². The summed E-state index contributed by atoms with van der Waals surface area (Å²) < 4.78 is 5.16. The molecule has 0 saturated carbocycles. The number of aromatic nitrogens is 1. The highest BCUT2D eigenvalue weighted by Gasteiger charge is 2.32. The Kier molecular flexibility index (Phi) is 5.51. The first kappa shape index (κ1) is 17.9. The van der Waals surface area contributed by atoms with Crippen LogP contribution in [0.1, 0.15) is 18.9 Å². The number of hydrogen-bond acceptors (Lipinski definition) is 4. The Balaban J connectivity index is 1.62. The van der Waals surface area contributed by atoms with Crippen molar-refractivity contribution in [2.24, 2.45) is 0 Å². The van der Waals surface area contributed by atoms with Crippen LogP contribution >= 0.6 is 0 Å². The van der Waals surface area contributed by atoms with Crippen molar-refractivity contribution in [1.82, 2.24) is 9.88 Å². The molecule has 1 fully saturated rings. The van der Waals surface area contributed by atoms with E-state index in [0.29, 0.717) is 19.4 Å². The lowest BCUT2D eigenvalue weighted by Crippen LogP contribution is -2.57. The standard InChI is InChI=1S/C20H23N3O3/c1-15-13-23(17-6-8-18(26-2)9-7-17)20(25)14-22(15)19(24)10-5-16-4-3-11-21-12-16/h3-4,6-9,11-12,15H,5,10,13-14H2,1-2H3. The summed E-state index contributed by atoms with van der Waals surface area (Å²) in [6.45, 7) is 2.58. The van der Waals surface area contributed by atoms with Crippen molar-refractivity contribution in [3.05, 3.63) is 54.4 Å². The van der Waals surface area contributed by atoms with E-state index in [1.807, 2.05) is 43.3 Å². The lowest BCUT2D eigenvalue weighted by atomic mass is 10.1. The van der Waals surface area contributed by atoms with Crippen LogP contribution in [0, 0.1) is 0 Å². The molecule has 0 spiro atoms. The van der Waals surface area contributed by atoms with Gasteiger partial charge in [0.15, 0.2) is 0 Å². The van der Waals surface area contributed by atoms with E-state index >= 15 is 0 Å². The third-order valence-electron chi connectivity index (χ3n) is 4.64. The van der Waals surface area contributed by atoms with Gasteiger partial charge in [0, 0.05) is 37.1 Å². The molecule has 1 saturated heterocycles. The molecule has 1 atom stereocenters. The molecule has 136 valence electrons. The summed E-state index contributed by atoms with van der Waals surface area (Å²) in [5, 5.41) is 0. The van der Waals surface area contributed by atoms with Crippen molar-refractivity contribution in [3.8, 4) is 5.75 Å². The molecule has 0 N–H and O–H groups in total. The quantitative estimate of drug-likeness (QED) is 0.827. The molecule has 0 radical (unpaired) electrons. The van der Waals surface area contributed by atoms with Crippen molar-refractivity contribution in [3.63, 3.8) is 0 Å². The number of anilines is 1. The number of amides is 2. The van der Waals surface area contributed by atoms with E-state index < -0.39 is 0 Å². The zero-order valence-electron chi connectivity index (χ0n) is 15.1. The fourth-order valence-electron chi connectivity index (χ4n) is 3.14. The number of pyridine rings is 1. The van der Waals surface area contributed by atoms with E-state index in [9.17, 15) is 9.59 Å². The molecule has 2 aromatic rings. The molecule has 1 aromatic carbocycles. The number of carbonyl (C=O) groups is 2. The van der Waals surface area contributed by atoms with Gasteiger partial charge in [-0.1, -0.05) is 6.07 Å². The van der Waals surface area contributed by atoms with Crippen LogP contribution in [0.25, 0.3) is 0 Å². The number of hydrogen-bond donors (Lipinski definition) is 0. The van der Waals surface area contributed by atoms with Gasteiger partial charge in [-0.2, -0.15) is 0 Å². The zero-order valence-corrected chi connectivity index (χ0v) is 15.1. The number of rotatable bonds is 5. The van der Waals surface area contributed by atoms with Gasteiger partial charge in [0.1, 0.15) is 12.3 Å². The number of methoxy groups -OCH3 is 1. The van der Waals surface area contributed by atoms with Crippen molar-refractivity contribution < 1.29 is 14.3 Å². The summed E-state index contributed by atoms with van der Waals surface area (Å²) in [6.07, 6.45) is 4.49. The normalized spacial score (nSPS) is 17.3. The van der Waals surface area contributed by atoms with Crippen LogP contribution in [0.5, 0.6) is 5.75 Å². The van der Waals surface area contributed by atoms with Gasteiger partial charge in [-0.15, -0.1) is 0 Å². The molecule has 2 heterocycles. The van der Waals surface area contributed by atoms with Crippen molar-refractivity contribution in [2.75, 3.05) is 25.1 Å². The minimum absolute atomic E-state index is 0.00378. The molecule has 1 aliphatic rings. The van der Waals surface area contributed by atoms with Gasteiger partial charge in [0.05, 0.1) is 7.11 Å². The van der Waals surface area contributed by atoms with Crippen molar-refractivity contribution in [1.29, 1.82) is 0 Å². The Bertz CT molecular complexity index is 762. The third kappa shape index (κ3) is 4.02. The number of piperazine rings is 1. The summed E-state index contributed by atoms with van der Waals surface area (Å²) in [5.41, 5.74) is 1.85. The highest BCUT2D eigenvalue weighted by atomic mass is 16.5. The molecular formula is C20H23N3O3. The second-order valence-electron chi connectivity index (χ2n) is 6.43. The fraction of sp³-hybridized carbons (Fsp3) is 0.350. The van der Waals surface area contributed by atoms with Crippen molar-refractivity contribution >= 4 is 17.5 Å². The first-order valence-electron chi connectivity index (χ1n) is 8.71. The summed E-state index contributed by atoms with van der Waals surface area (Å²) in [5.74, 6) is 0.686. The Hall–Kier alpha value is -2.89. The zero-order chi connectivity index (χ0) is 18.5. The summed E-state index contributed by atoms with van der Waals surface area (Å²) in [7, 11) is 1.61. The second-order valence-corrected chi connectivity index (χ2v) is 6.43. The molecular weight excluding hydrogens is 330 g/mol. The highest BCUT2D eigenvalue weighted by molar-refractivity contribution is 5.98. The van der Waals surface area contributed by atoms with Crippen LogP contribution in [0.2, 0.25) is 0 Å². The molecule has 1 unspecified atom stereocenters. The average Bonchev–Trinajstić information content (AvgIpc) is 2.68. The number of benzene rings is 1. The maximum atomic E-state index is 12.6. The largest absolute Gasteiger partial charge is 0.497 e. The first-order chi connectivity index (χ1) is 12.6. The van der Waals surface area contributed by atoms with Gasteiger partial charge in [-0.25, -0.2) is 0 Å². The SMILES string of the molecule is COc1ccc(N2CC(C)N(C(=O)CCc3cccnc3)CC2=O)cc1. The smallest absolute Gasteiger partial charge is 0.246 e. The number of nitrogens with zero attached hydrogens (tertiary/aromatic N) is 3. The molecule has 3 rings (SSSR count). The maximum Gasteiger partial charge on any atom is 0.246 e. The van der Waals surface area contributed by atoms with Crippen molar-refractivity contribution in [2.45, 2.75) is 25.8 Å². The topological polar surface area (TPSA) is 62.7 Å². The molecule has 1 aromatic heterocycles. The van der Waals surface area contributed by atoms with Crippen LogP contribution in [0.15, 0.2) is 48.8 Å². The van der Waals surface area contributed by atoms with Gasteiger partial charge in [-0.05, 0) is 49.2 Å². The molecule has 6 nitrogen and oxygen atoms in total. The highest BCUT2D eigenvalue weighted by Crippen LogP contribution is 2.23. The summed E-state index contributed by atoms with van der Waals surface area (Å²) in [6, 6.07) is 11.2. The summed E-state index contributed by atoms with van der Waals surface area (Å²) in [4.78, 5) is 32.6. The van der Waals surface area contributed by atoms with E-state index in [1.54, 1.807) is 29.3 Å². The molecule has 0 bridgehead atoms. The van der Waals surface area contributed by atoms with E-state index in [4.69, 9.17) is 4.74 Å². The predicted octanol–water partition coefficient (Wildman–Crippen LogP) is 2.29. The van der Waals surface area contributed by atoms with E-state index in [-0.39, 0.29) is 24.4 Å². The number of aryl methyl sites for hydroxylation is 1. The molecule has 2 amide bonds. The van der Waals surface area contributed by atoms with Gasteiger partial charge in [-0.3, -0.25) is 14.6 Å².